The SMILES string of the molecule is c1ccc(-c2ccc(-c3c4ccccc4c(-c4cc5ccccc5c5ccccc45)c4ccccc34)c3ccccc23)cc1.c1ccc(-c2ccc(-c3c4ccccc4c(-c4ccc(-c5ccc6ccccc6c5)cc4)c4ccccc34)c3ccccc23)cc1.c1ccc(C2(c3ccccc3)c3ccccc3-c3ccc(-c4c5ccccc5c(-c5ccc6ccccc6c5)c5ccccc45)cc32)cc1. The first-order valence-corrected chi connectivity index (χ1v) is 48.3. The maximum absolute atomic E-state index is 2.50. The molecule has 0 amide bonds. The highest BCUT2D eigenvalue weighted by Crippen LogP contribution is 2.59. The van der Waals surface area contributed by atoms with Crippen LogP contribution in [0.25, 0.3) is 241 Å². The summed E-state index contributed by atoms with van der Waals surface area (Å²) in [4.78, 5) is 0. The van der Waals surface area contributed by atoms with Gasteiger partial charge in [-0.1, -0.05) is 522 Å². The first kappa shape index (κ1) is 81.8. The Morgan fingerprint density at radius 2 is 0.360 bits per heavy atom. The predicted molar refractivity (Wildman–Crippen MR) is 596 cm³/mol. The van der Waals surface area contributed by atoms with Crippen LogP contribution in [0.2, 0.25) is 0 Å². The van der Waals surface area contributed by atoms with E-state index in [2.05, 4.69) is 546 Å². The fourth-order valence-electron chi connectivity index (χ4n) is 23.4. The summed E-state index contributed by atoms with van der Waals surface area (Å²) >= 11 is 0. The van der Waals surface area contributed by atoms with Crippen molar-refractivity contribution < 1.29 is 0 Å². The summed E-state index contributed by atoms with van der Waals surface area (Å²) in [6.45, 7) is 0. The number of hydrogen-bond acceptors (Lipinski definition) is 0. The zero-order chi connectivity index (χ0) is 91.9. The Balaban J connectivity index is 0.000000108. The second-order valence-electron chi connectivity index (χ2n) is 36.8. The van der Waals surface area contributed by atoms with Gasteiger partial charge >= 0.3 is 0 Å². The summed E-state index contributed by atoms with van der Waals surface area (Å²) in [7, 11) is 0. The summed E-state index contributed by atoms with van der Waals surface area (Å²) in [6, 6.07) is 201. The molecular weight excluding hydrogens is 1670 g/mol. The van der Waals surface area contributed by atoms with E-state index in [1.807, 2.05) is 0 Å². The third kappa shape index (κ3) is 13.8. The fourth-order valence-corrected chi connectivity index (χ4v) is 23.4. The van der Waals surface area contributed by atoms with Crippen molar-refractivity contribution in [2.45, 2.75) is 5.41 Å². The molecule has 646 valence electrons. The van der Waals surface area contributed by atoms with Crippen LogP contribution < -0.4 is 0 Å². The van der Waals surface area contributed by atoms with Gasteiger partial charge in [0.05, 0.1) is 5.41 Å². The van der Waals surface area contributed by atoms with E-state index in [1.165, 1.54) is 263 Å². The third-order valence-corrected chi connectivity index (χ3v) is 29.4. The highest BCUT2D eigenvalue weighted by atomic mass is 14.5. The summed E-state index contributed by atoms with van der Waals surface area (Å²) in [5, 5.41) is 30.5. The van der Waals surface area contributed by atoms with E-state index < -0.39 is 5.41 Å². The molecule has 27 aromatic carbocycles. The number of hydrogen-bond donors (Lipinski definition) is 0. The van der Waals surface area contributed by atoms with Gasteiger partial charge in [-0.15, -0.1) is 0 Å². The summed E-state index contributed by atoms with van der Waals surface area (Å²) < 4.78 is 0. The molecule has 0 heteroatoms. The van der Waals surface area contributed by atoms with Crippen molar-refractivity contribution in [2.24, 2.45) is 0 Å². The van der Waals surface area contributed by atoms with Gasteiger partial charge in [0, 0.05) is 0 Å². The van der Waals surface area contributed by atoms with Crippen LogP contribution in [-0.2, 0) is 5.41 Å². The standard InChI is InChI=1S/C49H32.C46H30.C44H28/c1-3-17-37(18-4-1)49(38-19-5-2-6-20-38)45-26-14-13-21-39(45)40-30-29-36(32-46(40)49)48-43-24-11-9-22-41(43)47(42-23-10-12-25-44(42)48)35-28-27-33-15-7-8-16-34(33)31-35;1-2-13-33(14-3-1)37-28-29-44(39-17-7-6-16-38(37)39)46-42-20-10-8-18-40(42)45(41-19-9-11-21-43(41)46)34-25-22-32(23-26-34)36-27-24-31-12-4-5-15-35(31)30-36;1-2-14-29(15-3-1)32-26-27-41(35-20-8-6-19-34(32)35)43-37-22-10-12-24-39(37)44(40-25-13-11-23-38(40)43)42-28-30-16-4-5-17-31(30)33-18-7-9-21-36(33)42/h1-32H;1-30H;1-28H. The Labute approximate surface area is 808 Å². The van der Waals surface area contributed by atoms with Gasteiger partial charge in [-0.2, -0.15) is 0 Å². The van der Waals surface area contributed by atoms with Gasteiger partial charge in [0.15, 0.2) is 0 Å². The van der Waals surface area contributed by atoms with E-state index >= 15 is 0 Å². The van der Waals surface area contributed by atoms with Gasteiger partial charge in [0.2, 0.25) is 0 Å². The topological polar surface area (TPSA) is 0 Å². The van der Waals surface area contributed by atoms with Crippen LogP contribution in [0.15, 0.2) is 546 Å². The molecule has 28 rings (SSSR count). The molecule has 1 aliphatic rings. The van der Waals surface area contributed by atoms with Crippen LogP contribution in [0.3, 0.4) is 0 Å². The van der Waals surface area contributed by atoms with Crippen LogP contribution >= 0.6 is 0 Å². The third-order valence-electron chi connectivity index (χ3n) is 29.4. The van der Waals surface area contributed by atoms with E-state index in [9.17, 15) is 0 Å². The van der Waals surface area contributed by atoms with Crippen LogP contribution in [-0.4, -0.2) is 0 Å². The molecule has 0 heterocycles. The lowest BCUT2D eigenvalue weighted by molar-refractivity contribution is 0.769. The predicted octanol–water partition coefficient (Wildman–Crippen LogP) is 38.3. The molecule has 0 radical (unpaired) electrons. The summed E-state index contributed by atoms with van der Waals surface area (Å²) in [6.07, 6.45) is 0. The van der Waals surface area contributed by atoms with E-state index in [0.717, 1.165) is 0 Å². The molecule has 139 heavy (non-hydrogen) atoms. The monoisotopic (exact) mass is 1760 g/mol. The first-order chi connectivity index (χ1) is 69.0. The minimum Gasteiger partial charge on any atom is -0.0622 e. The lowest BCUT2D eigenvalue weighted by Gasteiger charge is -2.34. The Bertz CT molecular complexity index is 9330. The molecule has 27 aromatic rings. The Kier molecular flexibility index (Phi) is 20.3. The van der Waals surface area contributed by atoms with Gasteiger partial charge < -0.3 is 0 Å². The lowest BCUT2D eigenvalue weighted by Crippen LogP contribution is -2.28. The van der Waals surface area contributed by atoms with E-state index in [1.54, 1.807) is 0 Å². The second kappa shape index (κ2) is 34.5. The zero-order valence-corrected chi connectivity index (χ0v) is 76.5. The zero-order valence-electron chi connectivity index (χ0n) is 76.5. The molecule has 0 spiro atoms. The largest absolute Gasteiger partial charge is 0.0713 e. The maximum Gasteiger partial charge on any atom is 0.0713 e. The van der Waals surface area contributed by atoms with Gasteiger partial charge in [-0.3, -0.25) is 0 Å². The van der Waals surface area contributed by atoms with Gasteiger partial charge in [0.25, 0.3) is 0 Å². The molecule has 0 bridgehead atoms. The molecule has 0 aromatic heterocycles. The average molecular weight is 1760 g/mol. The van der Waals surface area contributed by atoms with Gasteiger partial charge in [-0.05, 0) is 287 Å². The maximum atomic E-state index is 2.50. The van der Waals surface area contributed by atoms with Crippen LogP contribution in [0, 0.1) is 0 Å². The van der Waals surface area contributed by atoms with Crippen LogP contribution in [0.1, 0.15) is 22.3 Å². The minimum absolute atomic E-state index is 0.443. The summed E-state index contributed by atoms with van der Waals surface area (Å²) in [5.74, 6) is 0. The van der Waals surface area contributed by atoms with Crippen molar-refractivity contribution >= 4 is 129 Å². The molecule has 0 aliphatic heterocycles. The highest BCUT2D eigenvalue weighted by molar-refractivity contribution is 6.29. The first-order valence-electron chi connectivity index (χ1n) is 48.3. The Morgan fingerprint density at radius 3 is 0.791 bits per heavy atom. The molecule has 0 saturated heterocycles. The van der Waals surface area contributed by atoms with Crippen molar-refractivity contribution in [3.05, 3.63) is 568 Å². The molecule has 0 atom stereocenters. The molecule has 0 saturated carbocycles. The average Bonchev–Trinajstić information content (AvgIpc) is 1.53. The van der Waals surface area contributed by atoms with Crippen molar-refractivity contribution in [3.8, 4) is 111 Å². The van der Waals surface area contributed by atoms with Crippen molar-refractivity contribution in [1.29, 1.82) is 0 Å². The van der Waals surface area contributed by atoms with Gasteiger partial charge in [-0.25, -0.2) is 0 Å². The second-order valence-corrected chi connectivity index (χ2v) is 36.8. The van der Waals surface area contributed by atoms with Crippen molar-refractivity contribution in [2.75, 3.05) is 0 Å². The molecule has 0 N–H and O–H groups in total. The summed E-state index contributed by atoms with van der Waals surface area (Å²) in [5.41, 5.74) is 30.1. The molecule has 0 nitrogen and oxygen atoms in total. The van der Waals surface area contributed by atoms with E-state index in [-0.39, 0.29) is 0 Å². The number of benzene rings is 27. The lowest BCUT2D eigenvalue weighted by atomic mass is 9.67. The normalized spacial score (nSPS) is 12.1. The number of fused-ring (bicyclic) bond motifs is 16. The molecule has 1 aliphatic carbocycles. The van der Waals surface area contributed by atoms with Crippen molar-refractivity contribution in [3.63, 3.8) is 0 Å². The van der Waals surface area contributed by atoms with Crippen molar-refractivity contribution in [1.82, 2.24) is 0 Å². The van der Waals surface area contributed by atoms with E-state index in [4.69, 9.17) is 0 Å². The fraction of sp³-hybridized carbons (Fsp3) is 0.00719. The molecule has 0 unspecified atom stereocenters. The Morgan fingerprint density at radius 1 is 0.101 bits per heavy atom. The minimum atomic E-state index is -0.443. The van der Waals surface area contributed by atoms with Crippen LogP contribution in [0.4, 0.5) is 0 Å². The smallest absolute Gasteiger partial charge is 0.0622 e. The highest BCUT2D eigenvalue weighted by Gasteiger charge is 2.46. The quantitative estimate of drug-likeness (QED) is 0.0894. The number of rotatable bonds is 11. The molecule has 0 fully saturated rings. The van der Waals surface area contributed by atoms with Gasteiger partial charge in [0.1, 0.15) is 0 Å². The Hall–Kier alpha value is -17.9. The molecular formula is C139H90. The van der Waals surface area contributed by atoms with Crippen LogP contribution in [0.5, 0.6) is 0 Å². The van der Waals surface area contributed by atoms with E-state index in [0.29, 0.717) is 0 Å².